The Morgan fingerprint density at radius 3 is 2.69 bits per heavy atom. The molecule has 13 heavy (non-hydrogen) atoms. The Labute approximate surface area is 84.8 Å². The van der Waals surface area contributed by atoms with Gasteiger partial charge in [-0.3, -0.25) is 4.84 Å². The van der Waals surface area contributed by atoms with Crippen molar-refractivity contribution in [1.82, 2.24) is 9.97 Å². The van der Waals surface area contributed by atoms with E-state index in [1.54, 1.807) is 20.4 Å². The minimum atomic E-state index is 0.447. The van der Waals surface area contributed by atoms with Gasteiger partial charge in [-0.25, -0.2) is 10.0 Å². The highest BCUT2D eigenvalue weighted by molar-refractivity contribution is 9.10. The Morgan fingerprint density at radius 2 is 2.15 bits per heavy atom. The standard InChI is InChI=1S/C7H10BrN3O2/c1-11(13-3)7-9-4-5(8)6(10-7)12-2/h4H,1-3H3. The summed E-state index contributed by atoms with van der Waals surface area (Å²) in [6.07, 6.45) is 1.61. The van der Waals surface area contributed by atoms with Crippen molar-refractivity contribution in [3.05, 3.63) is 10.7 Å². The Kier molecular flexibility index (Phi) is 3.44. The van der Waals surface area contributed by atoms with Crippen molar-refractivity contribution in [3.63, 3.8) is 0 Å². The molecule has 0 aliphatic carbocycles. The van der Waals surface area contributed by atoms with E-state index in [2.05, 4.69) is 25.9 Å². The zero-order valence-corrected chi connectivity index (χ0v) is 9.20. The van der Waals surface area contributed by atoms with Crippen LogP contribution in [-0.4, -0.2) is 31.2 Å². The molecular formula is C7H10BrN3O2. The van der Waals surface area contributed by atoms with E-state index in [0.717, 1.165) is 0 Å². The van der Waals surface area contributed by atoms with Crippen LogP contribution in [0.1, 0.15) is 0 Å². The number of rotatable bonds is 3. The molecule has 0 unspecified atom stereocenters. The van der Waals surface area contributed by atoms with Crippen LogP contribution in [0.4, 0.5) is 5.95 Å². The molecule has 0 N–H and O–H groups in total. The van der Waals surface area contributed by atoms with Gasteiger partial charge in [0.25, 0.3) is 5.95 Å². The zero-order chi connectivity index (χ0) is 9.84. The first kappa shape index (κ1) is 10.2. The Balaban J connectivity index is 2.99. The van der Waals surface area contributed by atoms with E-state index in [4.69, 9.17) is 9.57 Å². The summed E-state index contributed by atoms with van der Waals surface area (Å²) in [5.74, 6) is 0.927. The molecule has 0 amide bonds. The van der Waals surface area contributed by atoms with Crippen molar-refractivity contribution in [2.45, 2.75) is 0 Å². The molecule has 0 aromatic carbocycles. The number of hydrogen-bond acceptors (Lipinski definition) is 5. The van der Waals surface area contributed by atoms with Gasteiger partial charge in [0, 0.05) is 7.05 Å². The Bertz CT molecular complexity index is 295. The van der Waals surface area contributed by atoms with Gasteiger partial charge in [-0.05, 0) is 15.9 Å². The molecule has 1 heterocycles. The van der Waals surface area contributed by atoms with Crippen LogP contribution < -0.4 is 9.80 Å². The maximum Gasteiger partial charge on any atom is 0.252 e. The van der Waals surface area contributed by atoms with Gasteiger partial charge < -0.3 is 4.74 Å². The third-order valence-corrected chi connectivity index (χ3v) is 1.99. The highest BCUT2D eigenvalue weighted by Crippen LogP contribution is 2.22. The molecule has 0 aliphatic heterocycles. The average Bonchev–Trinajstić information content (AvgIpc) is 2.17. The third-order valence-electron chi connectivity index (χ3n) is 1.45. The fourth-order valence-electron chi connectivity index (χ4n) is 0.719. The zero-order valence-electron chi connectivity index (χ0n) is 7.61. The van der Waals surface area contributed by atoms with E-state index in [9.17, 15) is 0 Å². The Hall–Kier alpha value is -0.880. The van der Waals surface area contributed by atoms with E-state index in [0.29, 0.717) is 16.3 Å². The molecule has 0 spiro atoms. The SMILES string of the molecule is COc1nc(N(C)OC)ncc1Br. The molecular weight excluding hydrogens is 238 g/mol. The summed E-state index contributed by atoms with van der Waals surface area (Å²) in [5.41, 5.74) is 0. The molecule has 72 valence electrons. The number of halogens is 1. The number of aromatic nitrogens is 2. The number of ether oxygens (including phenoxy) is 1. The third kappa shape index (κ3) is 2.28. The van der Waals surface area contributed by atoms with E-state index in [1.165, 1.54) is 12.2 Å². The summed E-state index contributed by atoms with van der Waals surface area (Å²) in [7, 11) is 4.80. The molecule has 1 rings (SSSR count). The fraction of sp³-hybridized carbons (Fsp3) is 0.429. The maximum absolute atomic E-state index is 5.00. The number of methoxy groups -OCH3 is 1. The molecule has 0 saturated heterocycles. The van der Waals surface area contributed by atoms with Crippen LogP contribution in [0, 0.1) is 0 Å². The van der Waals surface area contributed by atoms with Gasteiger partial charge in [-0.1, -0.05) is 0 Å². The minimum Gasteiger partial charge on any atom is -0.480 e. The second-order valence-corrected chi connectivity index (χ2v) is 3.06. The summed E-state index contributed by atoms with van der Waals surface area (Å²) < 4.78 is 5.71. The lowest BCUT2D eigenvalue weighted by Gasteiger charge is -2.13. The number of hydroxylamine groups is 1. The lowest BCUT2D eigenvalue weighted by atomic mass is 10.6. The first-order valence-electron chi connectivity index (χ1n) is 3.53. The molecule has 0 atom stereocenters. The normalized spacial score (nSPS) is 9.85. The lowest BCUT2D eigenvalue weighted by Crippen LogP contribution is -2.17. The first-order chi connectivity index (χ1) is 6.19. The molecule has 1 aromatic rings. The van der Waals surface area contributed by atoms with E-state index in [1.807, 2.05) is 0 Å². The summed E-state index contributed by atoms with van der Waals surface area (Å²) in [5, 5.41) is 1.44. The summed E-state index contributed by atoms with van der Waals surface area (Å²) in [6.45, 7) is 0. The topological polar surface area (TPSA) is 47.5 Å². The van der Waals surface area contributed by atoms with Crippen LogP contribution in [0.25, 0.3) is 0 Å². The molecule has 5 nitrogen and oxygen atoms in total. The van der Waals surface area contributed by atoms with Crippen LogP contribution in [0.5, 0.6) is 5.88 Å². The van der Waals surface area contributed by atoms with Gasteiger partial charge in [0.1, 0.15) is 0 Å². The predicted molar refractivity (Wildman–Crippen MR) is 51.7 cm³/mol. The lowest BCUT2D eigenvalue weighted by molar-refractivity contribution is 0.179. The van der Waals surface area contributed by atoms with Crippen LogP contribution in [0.15, 0.2) is 10.7 Å². The largest absolute Gasteiger partial charge is 0.480 e. The monoisotopic (exact) mass is 247 g/mol. The van der Waals surface area contributed by atoms with Gasteiger partial charge in [0.05, 0.1) is 24.9 Å². The fourth-order valence-corrected chi connectivity index (χ4v) is 1.07. The van der Waals surface area contributed by atoms with Crippen LogP contribution in [0.3, 0.4) is 0 Å². The highest BCUT2D eigenvalue weighted by atomic mass is 79.9. The second kappa shape index (κ2) is 4.38. The van der Waals surface area contributed by atoms with E-state index < -0.39 is 0 Å². The van der Waals surface area contributed by atoms with Crippen molar-refractivity contribution in [2.75, 3.05) is 26.3 Å². The predicted octanol–water partition coefficient (Wildman–Crippen LogP) is 1.25. The van der Waals surface area contributed by atoms with Gasteiger partial charge in [0.15, 0.2) is 0 Å². The van der Waals surface area contributed by atoms with Crippen molar-refractivity contribution < 1.29 is 9.57 Å². The van der Waals surface area contributed by atoms with Crippen LogP contribution >= 0.6 is 15.9 Å². The number of nitrogens with zero attached hydrogens (tertiary/aromatic N) is 3. The molecule has 0 fully saturated rings. The first-order valence-corrected chi connectivity index (χ1v) is 4.32. The molecule has 1 aromatic heterocycles. The molecule has 0 saturated carbocycles. The van der Waals surface area contributed by atoms with Crippen molar-refractivity contribution in [1.29, 1.82) is 0 Å². The summed E-state index contributed by atoms with van der Waals surface area (Å²) in [4.78, 5) is 13.0. The van der Waals surface area contributed by atoms with Crippen LogP contribution in [0.2, 0.25) is 0 Å². The number of anilines is 1. The molecule has 0 radical (unpaired) electrons. The van der Waals surface area contributed by atoms with Gasteiger partial charge in [-0.2, -0.15) is 4.98 Å². The van der Waals surface area contributed by atoms with E-state index in [-0.39, 0.29) is 0 Å². The van der Waals surface area contributed by atoms with Gasteiger partial charge >= 0.3 is 0 Å². The molecule has 0 aliphatic rings. The maximum atomic E-state index is 5.00. The minimum absolute atomic E-state index is 0.447. The summed E-state index contributed by atoms with van der Waals surface area (Å²) in [6, 6.07) is 0. The molecule has 6 heteroatoms. The van der Waals surface area contributed by atoms with E-state index >= 15 is 0 Å². The second-order valence-electron chi connectivity index (χ2n) is 2.21. The van der Waals surface area contributed by atoms with Crippen molar-refractivity contribution in [2.24, 2.45) is 0 Å². The summed E-state index contributed by atoms with van der Waals surface area (Å²) >= 11 is 3.25. The average molecular weight is 248 g/mol. The quantitative estimate of drug-likeness (QED) is 0.753. The molecule has 0 bridgehead atoms. The highest BCUT2D eigenvalue weighted by Gasteiger charge is 2.07. The number of hydrogen-bond donors (Lipinski definition) is 0. The van der Waals surface area contributed by atoms with Gasteiger partial charge in [-0.15, -0.1) is 0 Å². The Morgan fingerprint density at radius 1 is 1.46 bits per heavy atom. The van der Waals surface area contributed by atoms with Crippen molar-refractivity contribution in [3.8, 4) is 5.88 Å². The van der Waals surface area contributed by atoms with Gasteiger partial charge in [0.2, 0.25) is 5.88 Å². The van der Waals surface area contributed by atoms with Crippen LogP contribution in [-0.2, 0) is 4.84 Å². The van der Waals surface area contributed by atoms with Crippen molar-refractivity contribution >= 4 is 21.9 Å². The smallest absolute Gasteiger partial charge is 0.252 e.